The van der Waals surface area contributed by atoms with E-state index in [1.165, 1.54) is 11.3 Å². The highest BCUT2D eigenvalue weighted by molar-refractivity contribution is 5.35. The third-order valence-corrected chi connectivity index (χ3v) is 5.91. The molecule has 3 aromatic rings. The van der Waals surface area contributed by atoms with Gasteiger partial charge in [-0.3, -0.25) is 14.7 Å². The molecule has 2 aliphatic rings. The molecule has 0 bridgehead atoms. The summed E-state index contributed by atoms with van der Waals surface area (Å²) in [5, 5.41) is 0. The lowest BCUT2D eigenvalue weighted by atomic mass is 10.1. The van der Waals surface area contributed by atoms with Crippen molar-refractivity contribution >= 4 is 5.95 Å². The summed E-state index contributed by atoms with van der Waals surface area (Å²) < 4.78 is 2.14. The lowest BCUT2D eigenvalue weighted by Gasteiger charge is -2.28. The lowest BCUT2D eigenvalue weighted by Crippen LogP contribution is -2.36. The lowest BCUT2D eigenvalue weighted by molar-refractivity contribution is 0.236. The van der Waals surface area contributed by atoms with Gasteiger partial charge < -0.3 is 9.47 Å². The summed E-state index contributed by atoms with van der Waals surface area (Å²) in [5.74, 6) is 1.67. The molecule has 29 heavy (non-hydrogen) atoms. The van der Waals surface area contributed by atoms with Crippen LogP contribution in [0.15, 0.2) is 41.5 Å². The highest BCUT2D eigenvalue weighted by Gasteiger charge is 2.24. The van der Waals surface area contributed by atoms with Gasteiger partial charge >= 0.3 is 0 Å². The molecule has 0 saturated carbocycles. The van der Waals surface area contributed by atoms with E-state index in [4.69, 9.17) is 4.98 Å². The summed E-state index contributed by atoms with van der Waals surface area (Å²) in [6, 6.07) is 8.31. The molecule has 0 aromatic carbocycles. The molecular weight excluding hydrogens is 364 g/mol. The normalized spacial score (nSPS) is 16.9. The Bertz CT molecular complexity index is 1080. The maximum absolute atomic E-state index is 12.6. The van der Waals surface area contributed by atoms with Crippen LogP contribution < -0.4 is 10.5 Å². The Morgan fingerprint density at radius 3 is 2.86 bits per heavy atom. The molecule has 0 amide bonds. The zero-order valence-corrected chi connectivity index (χ0v) is 16.8. The minimum atomic E-state index is 0.0314. The molecule has 0 spiro atoms. The van der Waals surface area contributed by atoms with E-state index in [-0.39, 0.29) is 5.56 Å². The van der Waals surface area contributed by atoms with Gasteiger partial charge in [-0.25, -0.2) is 9.97 Å². The van der Waals surface area contributed by atoms with Crippen molar-refractivity contribution in [1.82, 2.24) is 24.4 Å². The van der Waals surface area contributed by atoms with Crippen molar-refractivity contribution in [2.45, 2.75) is 39.3 Å². The topological polar surface area (TPSA) is 70.1 Å². The molecule has 7 nitrogen and oxygen atoms in total. The van der Waals surface area contributed by atoms with E-state index in [2.05, 4.69) is 55.7 Å². The van der Waals surface area contributed by atoms with Crippen molar-refractivity contribution in [2.24, 2.45) is 0 Å². The van der Waals surface area contributed by atoms with Gasteiger partial charge in [0, 0.05) is 56.4 Å². The number of hydrogen-bond donors (Lipinski definition) is 1. The van der Waals surface area contributed by atoms with Gasteiger partial charge in [-0.2, -0.15) is 0 Å². The van der Waals surface area contributed by atoms with Crippen LogP contribution in [0.4, 0.5) is 5.95 Å². The molecule has 7 heteroatoms. The third-order valence-electron chi connectivity index (χ3n) is 5.91. The predicted octanol–water partition coefficient (Wildman–Crippen LogP) is 2.42. The van der Waals surface area contributed by atoms with Gasteiger partial charge in [0.05, 0.1) is 5.69 Å². The van der Waals surface area contributed by atoms with Crippen LogP contribution in [0.3, 0.4) is 0 Å². The first kappa shape index (κ1) is 18.1. The van der Waals surface area contributed by atoms with Crippen molar-refractivity contribution < 1.29 is 0 Å². The van der Waals surface area contributed by atoms with Gasteiger partial charge in [-0.15, -0.1) is 0 Å². The number of aromatic amines is 1. The van der Waals surface area contributed by atoms with Crippen LogP contribution in [-0.4, -0.2) is 44.1 Å². The number of nitrogens with zero attached hydrogens (tertiary/aromatic N) is 5. The van der Waals surface area contributed by atoms with Crippen molar-refractivity contribution in [3.63, 3.8) is 0 Å². The number of aryl methyl sites for hydroxylation is 1. The number of hydrogen-bond acceptors (Lipinski definition) is 5. The van der Waals surface area contributed by atoms with Crippen LogP contribution >= 0.6 is 0 Å². The van der Waals surface area contributed by atoms with Crippen LogP contribution in [0, 0.1) is 6.92 Å². The number of anilines is 1. The van der Waals surface area contributed by atoms with Gasteiger partial charge in [-0.1, -0.05) is 0 Å². The maximum atomic E-state index is 12.6. The number of pyridine rings is 1. The van der Waals surface area contributed by atoms with Gasteiger partial charge in [0.15, 0.2) is 0 Å². The average molecular weight is 390 g/mol. The van der Waals surface area contributed by atoms with E-state index in [0.717, 1.165) is 68.5 Å². The fourth-order valence-corrected chi connectivity index (χ4v) is 4.34. The van der Waals surface area contributed by atoms with Crippen LogP contribution in [0.25, 0.3) is 5.82 Å². The second kappa shape index (κ2) is 7.48. The summed E-state index contributed by atoms with van der Waals surface area (Å²) in [6.07, 6.45) is 6.97. The second-order valence-corrected chi connectivity index (χ2v) is 8.03. The molecule has 0 atom stereocenters. The Hall–Kier alpha value is -2.93. The molecule has 1 fully saturated rings. The quantitative estimate of drug-likeness (QED) is 0.741. The standard InChI is InChI=1S/C22H26N6O/c1-16-6-8-23-20(13-16)28-11-4-5-17(28)14-26-12-7-18-19(15-26)24-22(25-21(18)29)27-9-2-3-10-27/h4-6,8,11,13H,2-3,7,9-10,12,14-15H2,1H3,(H,24,25,29). The average Bonchev–Trinajstić information content (AvgIpc) is 3.40. The second-order valence-electron chi connectivity index (χ2n) is 8.03. The van der Waals surface area contributed by atoms with Gasteiger partial charge in [0.1, 0.15) is 5.82 Å². The van der Waals surface area contributed by atoms with E-state index >= 15 is 0 Å². The zero-order chi connectivity index (χ0) is 19.8. The van der Waals surface area contributed by atoms with Gasteiger partial charge in [0.2, 0.25) is 5.95 Å². The summed E-state index contributed by atoms with van der Waals surface area (Å²) in [5.41, 5.74) is 4.19. The first-order valence-corrected chi connectivity index (χ1v) is 10.4. The Balaban J connectivity index is 1.38. The first-order valence-electron chi connectivity index (χ1n) is 10.4. The summed E-state index contributed by atoms with van der Waals surface area (Å²) >= 11 is 0. The monoisotopic (exact) mass is 390 g/mol. The van der Waals surface area contributed by atoms with E-state index in [9.17, 15) is 4.79 Å². The number of H-pyrrole nitrogens is 1. The van der Waals surface area contributed by atoms with E-state index in [1.807, 2.05) is 12.3 Å². The molecule has 1 N–H and O–H groups in total. The summed E-state index contributed by atoms with van der Waals surface area (Å²) in [4.78, 5) is 29.5. The van der Waals surface area contributed by atoms with Crippen LogP contribution in [0.2, 0.25) is 0 Å². The minimum absolute atomic E-state index is 0.0314. The first-order chi connectivity index (χ1) is 14.2. The summed E-state index contributed by atoms with van der Waals surface area (Å²) in [7, 11) is 0. The Morgan fingerprint density at radius 1 is 1.17 bits per heavy atom. The van der Waals surface area contributed by atoms with Crippen LogP contribution in [-0.2, 0) is 19.5 Å². The summed E-state index contributed by atoms with van der Waals surface area (Å²) in [6.45, 7) is 6.39. The molecule has 150 valence electrons. The van der Waals surface area contributed by atoms with Crippen molar-refractivity contribution in [1.29, 1.82) is 0 Å². The molecule has 5 heterocycles. The zero-order valence-electron chi connectivity index (χ0n) is 16.8. The number of fused-ring (bicyclic) bond motifs is 1. The molecule has 1 saturated heterocycles. The molecule has 0 radical (unpaired) electrons. The smallest absolute Gasteiger partial charge is 0.255 e. The van der Waals surface area contributed by atoms with Gasteiger partial charge in [-0.05, 0) is 56.0 Å². The highest BCUT2D eigenvalue weighted by atomic mass is 16.1. The highest BCUT2D eigenvalue weighted by Crippen LogP contribution is 2.21. The largest absolute Gasteiger partial charge is 0.342 e. The van der Waals surface area contributed by atoms with Crippen molar-refractivity contribution in [2.75, 3.05) is 24.5 Å². The Morgan fingerprint density at radius 2 is 2.03 bits per heavy atom. The molecule has 5 rings (SSSR count). The number of nitrogens with one attached hydrogen (secondary N) is 1. The SMILES string of the molecule is Cc1ccnc(-n2cccc2CN2CCc3c(nc(N4CCCC4)[nH]c3=O)C2)c1. The Kier molecular flexibility index (Phi) is 4.67. The fourth-order valence-electron chi connectivity index (χ4n) is 4.34. The predicted molar refractivity (Wildman–Crippen MR) is 112 cm³/mol. The van der Waals surface area contributed by atoms with Gasteiger partial charge in [0.25, 0.3) is 5.56 Å². The fraction of sp³-hybridized carbons (Fsp3) is 0.409. The van der Waals surface area contributed by atoms with E-state index in [0.29, 0.717) is 6.54 Å². The number of aromatic nitrogens is 4. The molecule has 0 unspecified atom stereocenters. The van der Waals surface area contributed by atoms with E-state index in [1.54, 1.807) is 0 Å². The molecule has 3 aromatic heterocycles. The van der Waals surface area contributed by atoms with Crippen LogP contribution in [0.5, 0.6) is 0 Å². The molecule has 2 aliphatic heterocycles. The van der Waals surface area contributed by atoms with Crippen molar-refractivity contribution in [3.05, 3.63) is 69.5 Å². The molecular formula is C22H26N6O. The number of rotatable bonds is 4. The Labute approximate surface area is 170 Å². The van der Waals surface area contributed by atoms with Crippen molar-refractivity contribution in [3.8, 4) is 5.82 Å². The third kappa shape index (κ3) is 3.58. The van der Waals surface area contributed by atoms with Crippen LogP contribution in [0.1, 0.15) is 35.4 Å². The molecule has 0 aliphatic carbocycles. The maximum Gasteiger partial charge on any atom is 0.255 e. The minimum Gasteiger partial charge on any atom is -0.342 e. The van der Waals surface area contributed by atoms with E-state index < -0.39 is 0 Å².